The van der Waals surface area contributed by atoms with Crippen molar-refractivity contribution in [3.05, 3.63) is 35.4 Å². The summed E-state index contributed by atoms with van der Waals surface area (Å²) in [6.07, 6.45) is 26.9. The summed E-state index contributed by atoms with van der Waals surface area (Å²) in [5.41, 5.74) is 2.36. The zero-order valence-corrected chi connectivity index (χ0v) is 25.0. The number of phosphoric ester groups is 1. The zero-order valence-electron chi connectivity index (χ0n) is 24.1. The second-order valence-corrected chi connectivity index (χ2v) is 12.8. The van der Waals surface area contributed by atoms with E-state index in [2.05, 4.69) is 18.1 Å². The molecule has 0 radical (unpaired) electrons. The van der Waals surface area contributed by atoms with E-state index in [9.17, 15) is 9.46 Å². The van der Waals surface area contributed by atoms with Crippen molar-refractivity contribution >= 4 is 7.82 Å². The molecule has 1 atom stereocenters. The second kappa shape index (κ2) is 20.8. The number of hydrogen-bond donors (Lipinski definition) is 0. The highest BCUT2D eigenvalue weighted by Gasteiger charge is 2.13. The quantitative estimate of drug-likeness (QED) is 0.0590. The molecule has 0 aliphatic rings. The van der Waals surface area contributed by atoms with Crippen molar-refractivity contribution < 1.29 is 23.0 Å². The van der Waals surface area contributed by atoms with Gasteiger partial charge in [-0.2, -0.15) is 0 Å². The SMILES string of the molecule is C#Cc1ccc(CCCCCCCCCCCCCCCCCCOP(=O)([O-])OCC[N+](C)(C)C)cc1. The van der Waals surface area contributed by atoms with Crippen molar-refractivity contribution in [3.8, 4) is 12.3 Å². The molecule has 0 heterocycles. The van der Waals surface area contributed by atoms with Crippen molar-refractivity contribution in [1.82, 2.24) is 0 Å². The van der Waals surface area contributed by atoms with E-state index in [0.29, 0.717) is 11.0 Å². The second-order valence-electron chi connectivity index (χ2n) is 11.4. The van der Waals surface area contributed by atoms with Crippen LogP contribution in [0.4, 0.5) is 0 Å². The molecule has 37 heavy (non-hydrogen) atoms. The van der Waals surface area contributed by atoms with Crippen LogP contribution in [-0.4, -0.2) is 45.4 Å². The maximum Gasteiger partial charge on any atom is 0.268 e. The van der Waals surface area contributed by atoms with Crippen molar-refractivity contribution in [2.24, 2.45) is 0 Å². The molecule has 1 aromatic carbocycles. The molecule has 1 unspecified atom stereocenters. The van der Waals surface area contributed by atoms with Gasteiger partial charge in [-0.25, -0.2) is 0 Å². The molecule has 0 bridgehead atoms. The number of terminal acetylenes is 1. The van der Waals surface area contributed by atoms with Gasteiger partial charge in [-0.1, -0.05) is 108 Å². The summed E-state index contributed by atoms with van der Waals surface area (Å²) in [7, 11) is 1.84. The third-order valence-electron chi connectivity index (χ3n) is 6.74. The first-order valence-corrected chi connectivity index (χ1v) is 16.1. The van der Waals surface area contributed by atoms with Crippen LogP contribution in [0.25, 0.3) is 0 Å². The maximum atomic E-state index is 11.7. The molecule has 0 aliphatic heterocycles. The van der Waals surface area contributed by atoms with Gasteiger partial charge in [0.15, 0.2) is 0 Å². The van der Waals surface area contributed by atoms with E-state index >= 15 is 0 Å². The molecule has 1 rings (SSSR count). The van der Waals surface area contributed by atoms with Crippen LogP contribution in [0.5, 0.6) is 0 Å². The third-order valence-corrected chi connectivity index (χ3v) is 7.74. The highest BCUT2D eigenvalue weighted by molar-refractivity contribution is 7.45. The molecular weight excluding hydrogens is 481 g/mol. The minimum atomic E-state index is -4.15. The average Bonchev–Trinajstić information content (AvgIpc) is 2.84. The Morgan fingerprint density at radius 3 is 1.54 bits per heavy atom. The number of benzene rings is 1. The number of nitrogens with zero attached hydrogens (tertiary/aromatic N) is 1. The van der Waals surface area contributed by atoms with E-state index in [1.54, 1.807) is 0 Å². The number of rotatable bonds is 24. The van der Waals surface area contributed by atoms with Crippen LogP contribution in [0.15, 0.2) is 24.3 Å². The number of quaternary nitrogens is 1. The Morgan fingerprint density at radius 1 is 0.703 bits per heavy atom. The fourth-order valence-electron chi connectivity index (χ4n) is 4.31. The lowest BCUT2D eigenvalue weighted by Crippen LogP contribution is -2.37. The molecule has 0 aromatic heterocycles. The fourth-order valence-corrected chi connectivity index (χ4v) is 5.05. The summed E-state index contributed by atoms with van der Waals surface area (Å²) in [5, 5.41) is 0. The van der Waals surface area contributed by atoms with Gasteiger partial charge >= 0.3 is 0 Å². The average molecular weight is 536 g/mol. The monoisotopic (exact) mass is 535 g/mol. The smallest absolute Gasteiger partial charge is 0.268 e. The molecule has 0 N–H and O–H groups in total. The largest absolute Gasteiger partial charge is 0.756 e. The highest BCUT2D eigenvalue weighted by Crippen LogP contribution is 2.38. The van der Waals surface area contributed by atoms with Crippen molar-refractivity contribution in [2.45, 2.75) is 109 Å². The van der Waals surface area contributed by atoms with Gasteiger partial charge in [-0.15, -0.1) is 6.42 Å². The minimum absolute atomic E-state index is 0.162. The number of unbranched alkanes of at least 4 members (excludes halogenated alkanes) is 15. The Bertz CT molecular complexity index is 767. The van der Waals surface area contributed by atoms with Crippen molar-refractivity contribution in [1.29, 1.82) is 0 Å². The Labute approximate surface area is 228 Å². The Kier molecular flexibility index (Phi) is 19.0. The van der Waals surface area contributed by atoms with Crippen molar-refractivity contribution in [3.63, 3.8) is 0 Å². The van der Waals surface area contributed by atoms with Gasteiger partial charge in [-0.3, -0.25) is 4.57 Å². The van der Waals surface area contributed by atoms with Crippen LogP contribution in [0.1, 0.15) is 114 Å². The lowest BCUT2D eigenvalue weighted by molar-refractivity contribution is -0.870. The minimum Gasteiger partial charge on any atom is -0.756 e. The van der Waals surface area contributed by atoms with E-state index in [4.69, 9.17) is 15.5 Å². The normalized spacial score (nSPS) is 13.4. The van der Waals surface area contributed by atoms with Crippen LogP contribution in [0, 0.1) is 12.3 Å². The van der Waals surface area contributed by atoms with Crippen LogP contribution < -0.4 is 4.89 Å². The zero-order chi connectivity index (χ0) is 27.2. The van der Waals surface area contributed by atoms with E-state index in [0.717, 1.165) is 31.2 Å². The first kappa shape index (κ1) is 33.9. The summed E-state index contributed by atoms with van der Waals surface area (Å²) >= 11 is 0. The van der Waals surface area contributed by atoms with Gasteiger partial charge in [-0.05, 0) is 37.0 Å². The summed E-state index contributed by atoms with van der Waals surface area (Å²) < 4.78 is 22.3. The summed E-state index contributed by atoms with van der Waals surface area (Å²) in [6, 6.07) is 8.40. The van der Waals surface area contributed by atoms with Crippen LogP contribution in [0.2, 0.25) is 0 Å². The Morgan fingerprint density at radius 2 is 1.11 bits per heavy atom. The number of hydrogen-bond acceptors (Lipinski definition) is 4. The molecule has 0 saturated heterocycles. The lowest BCUT2D eigenvalue weighted by Gasteiger charge is -2.27. The van der Waals surface area contributed by atoms with Crippen LogP contribution >= 0.6 is 7.82 Å². The summed E-state index contributed by atoms with van der Waals surface area (Å²) in [6.45, 7) is 1.02. The van der Waals surface area contributed by atoms with Gasteiger partial charge in [0.1, 0.15) is 13.2 Å². The third kappa shape index (κ3) is 21.5. The topological polar surface area (TPSA) is 58.6 Å². The van der Waals surface area contributed by atoms with Gasteiger partial charge < -0.3 is 18.4 Å². The van der Waals surface area contributed by atoms with Gasteiger partial charge in [0, 0.05) is 5.56 Å². The molecule has 0 saturated carbocycles. The fraction of sp³-hybridized carbons (Fsp3) is 0.742. The molecule has 0 fully saturated rings. The Hall–Kier alpha value is -1.15. The van der Waals surface area contributed by atoms with Crippen molar-refractivity contribution in [2.75, 3.05) is 40.9 Å². The highest BCUT2D eigenvalue weighted by atomic mass is 31.2. The molecule has 0 aliphatic carbocycles. The van der Waals surface area contributed by atoms with E-state index in [1.165, 1.54) is 89.0 Å². The van der Waals surface area contributed by atoms with Gasteiger partial charge in [0.2, 0.25) is 0 Å². The number of phosphoric acid groups is 1. The molecule has 0 amide bonds. The standard InChI is InChI=1S/C31H54NO4P/c1-5-30-23-25-31(26-24-30)22-20-18-16-14-12-10-8-6-7-9-11-13-15-17-19-21-28-35-37(33,34)36-29-27-32(2,3)4/h1,23-26H,6-22,27-29H2,2-4H3. The summed E-state index contributed by atoms with van der Waals surface area (Å²) in [5.74, 6) is 2.67. The summed E-state index contributed by atoms with van der Waals surface area (Å²) in [4.78, 5) is 11.7. The molecule has 5 nitrogen and oxygen atoms in total. The van der Waals surface area contributed by atoms with Gasteiger partial charge in [0.25, 0.3) is 7.82 Å². The first-order chi connectivity index (χ1) is 17.7. The van der Waals surface area contributed by atoms with E-state index < -0.39 is 7.82 Å². The molecule has 212 valence electrons. The maximum absolute atomic E-state index is 11.7. The number of likely N-dealkylation sites (N-methyl/N-ethyl adjacent to an activating group) is 1. The predicted octanol–water partition coefficient (Wildman–Crippen LogP) is 7.66. The Balaban J connectivity index is 1.78. The molecular formula is C31H54NO4P. The van der Waals surface area contributed by atoms with E-state index in [-0.39, 0.29) is 13.2 Å². The molecule has 0 spiro atoms. The van der Waals surface area contributed by atoms with E-state index in [1.807, 2.05) is 33.3 Å². The predicted molar refractivity (Wildman–Crippen MR) is 154 cm³/mol. The molecule has 1 aromatic rings. The first-order valence-electron chi connectivity index (χ1n) is 14.7. The number of aryl methyl sites for hydroxylation is 1. The van der Waals surface area contributed by atoms with Crippen LogP contribution in [-0.2, 0) is 20.0 Å². The molecule has 6 heteroatoms. The lowest BCUT2D eigenvalue weighted by atomic mass is 10.0. The van der Waals surface area contributed by atoms with Crippen LogP contribution in [0.3, 0.4) is 0 Å². The van der Waals surface area contributed by atoms with Gasteiger partial charge in [0.05, 0.1) is 27.7 Å².